The van der Waals surface area contributed by atoms with Crippen molar-refractivity contribution in [2.45, 2.75) is 36.5 Å². The molecule has 1 aliphatic rings. The Morgan fingerprint density at radius 1 is 1.12 bits per heavy atom. The minimum Gasteiger partial charge on any atom is -0.481 e. The Kier molecular flexibility index (Phi) is 13.6. The number of nitrogens with one attached hydrogen (secondary N) is 2. The lowest BCUT2D eigenvalue weighted by Crippen LogP contribution is -2.36. The minimum absolute atomic E-state index is 0.0707. The van der Waals surface area contributed by atoms with E-state index in [2.05, 4.69) is 30.2 Å². The number of carbonyl (C=O) groups excluding carboxylic acids is 2. The Morgan fingerprint density at radius 3 is 2.18 bits per heavy atom. The summed E-state index contributed by atoms with van der Waals surface area (Å²) in [6.45, 7) is 5.84. The average Bonchev–Trinajstić information content (AvgIpc) is 3.19. The van der Waals surface area contributed by atoms with Crippen molar-refractivity contribution in [3.8, 4) is 0 Å². The number of carbonyl (C=O) groups is 3. The molecule has 1 aliphatic heterocycles. The molecule has 2 aromatic rings. The SMILES string of the molecule is CC1(C)CN(S(=O)c2ccccc2)CS1.NC=O.O=C(O)CCNC(=O)NCc1ccccc1. The molecule has 1 heterocycles. The smallest absolute Gasteiger partial charge is 0.315 e. The first kappa shape index (κ1) is 29.1. The lowest BCUT2D eigenvalue weighted by molar-refractivity contribution is -0.136. The van der Waals surface area contributed by atoms with Gasteiger partial charge in [0.2, 0.25) is 6.41 Å². The maximum atomic E-state index is 12.2. The van der Waals surface area contributed by atoms with Gasteiger partial charge in [-0.2, -0.15) is 0 Å². The van der Waals surface area contributed by atoms with Crippen LogP contribution >= 0.6 is 11.8 Å². The van der Waals surface area contributed by atoms with E-state index in [0.717, 1.165) is 22.9 Å². The van der Waals surface area contributed by atoms with E-state index in [0.29, 0.717) is 6.54 Å². The van der Waals surface area contributed by atoms with Gasteiger partial charge in [0.05, 0.1) is 17.2 Å². The number of aliphatic carboxylic acids is 1. The quantitative estimate of drug-likeness (QED) is 0.424. The second kappa shape index (κ2) is 15.9. The van der Waals surface area contributed by atoms with Gasteiger partial charge in [-0.1, -0.05) is 48.5 Å². The van der Waals surface area contributed by atoms with E-state index in [4.69, 9.17) is 9.90 Å². The number of hydrogen-bond donors (Lipinski definition) is 4. The van der Waals surface area contributed by atoms with Crippen LogP contribution in [0.2, 0.25) is 0 Å². The Morgan fingerprint density at radius 2 is 1.68 bits per heavy atom. The molecule has 3 amide bonds. The molecule has 9 nitrogen and oxygen atoms in total. The van der Waals surface area contributed by atoms with Crippen LogP contribution in [0.25, 0.3) is 0 Å². The highest BCUT2D eigenvalue weighted by Gasteiger charge is 2.33. The van der Waals surface area contributed by atoms with Crippen LogP contribution < -0.4 is 16.4 Å². The summed E-state index contributed by atoms with van der Waals surface area (Å²) in [5.41, 5.74) is 5.16. The van der Waals surface area contributed by atoms with Crippen molar-refractivity contribution >= 4 is 41.2 Å². The van der Waals surface area contributed by atoms with Crippen molar-refractivity contribution in [1.82, 2.24) is 14.9 Å². The molecule has 34 heavy (non-hydrogen) atoms. The highest BCUT2D eigenvalue weighted by molar-refractivity contribution is 8.01. The fourth-order valence-corrected chi connectivity index (χ4v) is 5.26. The van der Waals surface area contributed by atoms with E-state index >= 15 is 0 Å². The molecule has 0 saturated carbocycles. The van der Waals surface area contributed by atoms with Crippen LogP contribution in [0, 0.1) is 0 Å². The number of benzene rings is 2. The number of carboxylic acid groups (broad SMARTS) is 1. The molecule has 0 aromatic heterocycles. The Balaban J connectivity index is 0.000000305. The van der Waals surface area contributed by atoms with Crippen LogP contribution in [0.5, 0.6) is 0 Å². The van der Waals surface area contributed by atoms with Gasteiger partial charge in [0, 0.05) is 24.4 Å². The lowest BCUT2D eigenvalue weighted by Gasteiger charge is -2.17. The highest BCUT2D eigenvalue weighted by atomic mass is 32.2. The number of rotatable bonds is 7. The van der Waals surface area contributed by atoms with Crippen molar-refractivity contribution in [2.75, 3.05) is 19.0 Å². The monoisotopic (exact) mass is 508 g/mol. The summed E-state index contributed by atoms with van der Waals surface area (Å²) in [4.78, 5) is 30.9. The molecule has 11 heteroatoms. The van der Waals surface area contributed by atoms with Crippen LogP contribution in [0.15, 0.2) is 65.6 Å². The molecule has 186 valence electrons. The van der Waals surface area contributed by atoms with Gasteiger partial charge in [0.1, 0.15) is 11.0 Å². The molecule has 1 saturated heterocycles. The molecule has 3 rings (SSSR count). The van der Waals surface area contributed by atoms with Crippen molar-refractivity contribution in [3.63, 3.8) is 0 Å². The summed E-state index contributed by atoms with van der Waals surface area (Å²) in [6.07, 6.45) is 0.179. The second-order valence-electron chi connectivity index (χ2n) is 7.61. The topological polar surface area (TPSA) is 142 Å². The Labute approximate surface area is 207 Å². The van der Waals surface area contributed by atoms with Crippen LogP contribution in [-0.4, -0.2) is 55.7 Å². The molecule has 5 N–H and O–H groups in total. The van der Waals surface area contributed by atoms with E-state index in [1.807, 2.05) is 76.7 Å². The number of primary amides is 1. The predicted octanol–water partition coefficient (Wildman–Crippen LogP) is 2.56. The van der Waals surface area contributed by atoms with E-state index in [1.54, 1.807) is 0 Å². The van der Waals surface area contributed by atoms with Crippen LogP contribution in [0.3, 0.4) is 0 Å². The van der Waals surface area contributed by atoms with Gasteiger partial charge in [-0.3, -0.25) is 9.59 Å². The van der Waals surface area contributed by atoms with Gasteiger partial charge >= 0.3 is 12.0 Å². The lowest BCUT2D eigenvalue weighted by atomic mass is 10.2. The van der Waals surface area contributed by atoms with E-state index in [9.17, 15) is 13.8 Å². The molecule has 0 spiro atoms. The third-order valence-electron chi connectivity index (χ3n) is 4.26. The third kappa shape index (κ3) is 12.4. The molecular formula is C23H32N4O5S2. The zero-order valence-electron chi connectivity index (χ0n) is 19.3. The zero-order valence-corrected chi connectivity index (χ0v) is 20.9. The molecule has 2 aromatic carbocycles. The number of nitrogens with zero attached hydrogens (tertiary/aromatic N) is 1. The third-order valence-corrected chi connectivity index (χ3v) is 7.17. The van der Waals surface area contributed by atoms with Crippen LogP contribution in [-0.2, 0) is 27.1 Å². The largest absolute Gasteiger partial charge is 0.481 e. The van der Waals surface area contributed by atoms with Gasteiger partial charge in [0.15, 0.2) is 0 Å². The average molecular weight is 509 g/mol. The zero-order chi connectivity index (χ0) is 25.4. The number of carboxylic acids is 1. The molecule has 0 aliphatic carbocycles. The van der Waals surface area contributed by atoms with Gasteiger partial charge < -0.3 is 21.5 Å². The van der Waals surface area contributed by atoms with Crippen molar-refractivity contribution in [1.29, 1.82) is 0 Å². The van der Waals surface area contributed by atoms with Crippen molar-refractivity contribution in [3.05, 3.63) is 66.2 Å². The maximum absolute atomic E-state index is 12.2. The maximum Gasteiger partial charge on any atom is 0.315 e. The first-order valence-corrected chi connectivity index (χ1v) is 12.6. The first-order chi connectivity index (χ1) is 16.2. The number of thioether (sulfide) groups is 1. The normalized spacial score (nSPS) is 14.9. The van der Waals surface area contributed by atoms with Gasteiger partial charge in [0.25, 0.3) is 0 Å². The summed E-state index contributed by atoms with van der Waals surface area (Å²) in [5.74, 6) is -0.0718. The second-order valence-corrected chi connectivity index (χ2v) is 10.7. The minimum atomic E-state index is -0.993. The first-order valence-electron chi connectivity index (χ1n) is 10.5. The van der Waals surface area contributed by atoms with Gasteiger partial charge in [-0.15, -0.1) is 11.8 Å². The van der Waals surface area contributed by atoms with E-state index in [-0.39, 0.29) is 30.2 Å². The van der Waals surface area contributed by atoms with E-state index in [1.165, 1.54) is 0 Å². The Bertz CT molecular complexity index is 914. The van der Waals surface area contributed by atoms with E-state index < -0.39 is 17.0 Å². The molecule has 1 fully saturated rings. The number of nitrogens with two attached hydrogens (primary N) is 1. The molecule has 0 bridgehead atoms. The van der Waals surface area contributed by atoms with Crippen molar-refractivity contribution < 1.29 is 23.7 Å². The summed E-state index contributed by atoms with van der Waals surface area (Å²) >= 11 is 1.86. The molecule has 0 radical (unpaired) electrons. The van der Waals surface area contributed by atoms with Crippen LogP contribution in [0.1, 0.15) is 25.8 Å². The number of amides is 3. The van der Waals surface area contributed by atoms with Gasteiger partial charge in [-0.25, -0.2) is 13.3 Å². The summed E-state index contributed by atoms with van der Waals surface area (Å²) in [6, 6.07) is 18.8. The van der Waals surface area contributed by atoms with Crippen LogP contribution in [0.4, 0.5) is 4.79 Å². The highest BCUT2D eigenvalue weighted by Crippen LogP contribution is 2.34. The summed E-state index contributed by atoms with van der Waals surface area (Å²) in [5, 5.41) is 13.4. The van der Waals surface area contributed by atoms with Gasteiger partial charge in [-0.05, 0) is 31.5 Å². The fourth-order valence-electron chi connectivity index (χ4n) is 2.68. The summed E-state index contributed by atoms with van der Waals surface area (Å²) < 4.78 is 14.4. The molecular weight excluding hydrogens is 476 g/mol. The fraction of sp³-hybridized carbons (Fsp3) is 0.348. The number of hydrogen-bond acceptors (Lipinski definition) is 5. The molecule has 1 unspecified atom stereocenters. The van der Waals surface area contributed by atoms with Crippen molar-refractivity contribution in [2.24, 2.45) is 5.73 Å². The number of urea groups is 1. The predicted molar refractivity (Wildman–Crippen MR) is 135 cm³/mol. The standard InChI is InChI=1S/C11H14N2O3.C11H15NOS2.CH3NO/c14-10(15)6-7-12-11(16)13-8-9-4-2-1-3-5-9;1-11(2)8-12(9-14-11)15(13)10-6-4-3-5-7-10;2-1-3/h1-5H,6-8H2,(H,14,15)(H2,12,13,16);3-7H,8-9H2,1-2H3;1H,(H2,2,3). The summed E-state index contributed by atoms with van der Waals surface area (Å²) in [7, 11) is -0.993. The molecule has 1 atom stereocenters. The Hall–Kier alpha value is -2.89.